The molecule has 14 heavy (non-hydrogen) atoms. The molecule has 1 amide bonds. The molecular formula is C9H10Cl2N2O. The van der Waals surface area contributed by atoms with Gasteiger partial charge in [-0.05, 0) is 24.3 Å². The molecular weight excluding hydrogens is 223 g/mol. The van der Waals surface area contributed by atoms with Crippen LogP contribution in [0.3, 0.4) is 0 Å². The van der Waals surface area contributed by atoms with Gasteiger partial charge in [0.15, 0.2) is 0 Å². The summed E-state index contributed by atoms with van der Waals surface area (Å²) in [4.78, 5) is 13.0. The summed E-state index contributed by atoms with van der Waals surface area (Å²) < 4.78 is 0. The number of anilines is 1. The zero-order chi connectivity index (χ0) is 9.26. The Bertz CT molecular complexity index is 326. The van der Waals surface area contributed by atoms with Gasteiger partial charge in [-0.15, -0.1) is 12.4 Å². The molecule has 1 aliphatic rings. The number of rotatable bonds is 1. The van der Waals surface area contributed by atoms with Crippen LogP contribution in [0.2, 0.25) is 5.02 Å². The number of nitrogens with one attached hydrogen (secondary N) is 1. The SMILES string of the molecule is Cl.O=C1CNCN1c1ccc(Cl)cc1. The monoisotopic (exact) mass is 232 g/mol. The van der Waals surface area contributed by atoms with E-state index in [1.165, 1.54) is 0 Å². The van der Waals surface area contributed by atoms with E-state index in [1.807, 2.05) is 12.1 Å². The van der Waals surface area contributed by atoms with Crippen molar-refractivity contribution < 1.29 is 4.79 Å². The molecule has 76 valence electrons. The van der Waals surface area contributed by atoms with E-state index in [1.54, 1.807) is 17.0 Å². The van der Waals surface area contributed by atoms with Gasteiger partial charge in [-0.25, -0.2) is 0 Å². The maximum absolute atomic E-state index is 11.3. The van der Waals surface area contributed by atoms with Crippen LogP contribution in [0.15, 0.2) is 24.3 Å². The number of carbonyl (C=O) groups is 1. The third-order valence-electron chi connectivity index (χ3n) is 1.99. The van der Waals surface area contributed by atoms with E-state index < -0.39 is 0 Å². The summed E-state index contributed by atoms with van der Waals surface area (Å²) in [6, 6.07) is 7.24. The lowest BCUT2D eigenvalue weighted by Crippen LogP contribution is -2.25. The Hall–Kier alpha value is -0.770. The van der Waals surface area contributed by atoms with Gasteiger partial charge in [-0.3, -0.25) is 15.0 Å². The van der Waals surface area contributed by atoms with Gasteiger partial charge in [0.25, 0.3) is 0 Å². The molecule has 0 aliphatic carbocycles. The fraction of sp³-hybridized carbons (Fsp3) is 0.222. The van der Waals surface area contributed by atoms with Crippen LogP contribution in [-0.2, 0) is 4.79 Å². The molecule has 5 heteroatoms. The van der Waals surface area contributed by atoms with E-state index in [-0.39, 0.29) is 18.3 Å². The molecule has 0 spiro atoms. The standard InChI is InChI=1S/C9H9ClN2O.ClH/c10-7-1-3-8(4-2-7)12-6-11-5-9(12)13;/h1-4,11H,5-6H2;1H. The van der Waals surface area contributed by atoms with Crippen molar-refractivity contribution in [2.45, 2.75) is 0 Å². The molecule has 0 aromatic heterocycles. The minimum Gasteiger partial charge on any atom is -0.298 e. The van der Waals surface area contributed by atoms with Crippen molar-refractivity contribution in [3.05, 3.63) is 29.3 Å². The second kappa shape index (κ2) is 4.64. The highest BCUT2D eigenvalue weighted by molar-refractivity contribution is 6.30. The van der Waals surface area contributed by atoms with Gasteiger partial charge in [0.1, 0.15) is 0 Å². The molecule has 1 saturated heterocycles. The van der Waals surface area contributed by atoms with Crippen LogP contribution in [-0.4, -0.2) is 19.1 Å². The Morgan fingerprint density at radius 2 is 1.93 bits per heavy atom. The van der Waals surface area contributed by atoms with Crippen LogP contribution in [0.4, 0.5) is 5.69 Å². The number of benzene rings is 1. The quantitative estimate of drug-likeness (QED) is 0.799. The summed E-state index contributed by atoms with van der Waals surface area (Å²) in [6.07, 6.45) is 0. The van der Waals surface area contributed by atoms with Crippen LogP contribution < -0.4 is 10.2 Å². The Balaban J connectivity index is 0.000000980. The zero-order valence-electron chi connectivity index (χ0n) is 7.37. The maximum Gasteiger partial charge on any atom is 0.242 e. The first-order chi connectivity index (χ1) is 6.27. The number of amides is 1. The summed E-state index contributed by atoms with van der Waals surface area (Å²) in [6.45, 7) is 1.00. The van der Waals surface area contributed by atoms with Crippen molar-refractivity contribution in [1.82, 2.24) is 5.32 Å². The lowest BCUT2D eigenvalue weighted by Gasteiger charge is -2.14. The Morgan fingerprint density at radius 3 is 2.43 bits per heavy atom. The van der Waals surface area contributed by atoms with Crippen LogP contribution in [0.1, 0.15) is 0 Å². The lowest BCUT2D eigenvalue weighted by atomic mass is 10.3. The van der Waals surface area contributed by atoms with Gasteiger partial charge in [0.05, 0.1) is 13.2 Å². The van der Waals surface area contributed by atoms with Gasteiger partial charge in [-0.2, -0.15) is 0 Å². The van der Waals surface area contributed by atoms with Crippen molar-refractivity contribution in [2.24, 2.45) is 0 Å². The largest absolute Gasteiger partial charge is 0.298 e. The van der Waals surface area contributed by atoms with Crippen LogP contribution in [0.25, 0.3) is 0 Å². The molecule has 0 unspecified atom stereocenters. The van der Waals surface area contributed by atoms with Gasteiger partial charge < -0.3 is 0 Å². The molecule has 0 atom stereocenters. The highest BCUT2D eigenvalue weighted by Crippen LogP contribution is 2.18. The molecule has 1 aliphatic heterocycles. The molecule has 1 N–H and O–H groups in total. The fourth-order valence-electron chi connectivity index (χ4n) is 1.31. The Labute approximate surface area is 93.4 Å². The molecule has 1 heterocycles. The first-order valence-corrected chi connectivity index (χ1v) is 4.42. The highest BCUT2D eigenvalue weighted by atomic mass is 35.5. The summed E-state index contributed by atoms with van der Waals surface area (Å²) in [5.41, 5.74) is 0.888. The maximum atomic E-state index is 11.3. The summed E-state index contributed by atoms with van der Waals surface area (Å²) in [5, 5.41) is 3.66. The highest BCUT2D eigenvalue weighted by Gasteiger charge is 2.20. The summed E-state index contributed by atoms with van der Waals surface area (Å²) in [7, 11) is 0. The molecule has 3 nitrogen and oxygen atoms in total. The topological polar surface area (TPSA) is 32.3 Å². The average molecular weight is 233 g/mol. The minimum atomic E-state index is 0. The van der Waals surface area contributed by atoms with E-state index in [4.69, 9.17) is 11.6 Å². The van der Waals surface area contributed by atoms with Crippen molar-refractivity contribution in [2.75, 3.05) is 18.1 Å². The predicted octanol–water partition coefficient (Wildman–Crippen LogP) is 1.66. The van der Waals surface area contributed by atoms with Crippen LogP contribution in [0, 0.1) is 0 Å². The first kappa shape index (κ1) is 11.3. The second-order valence-electron chi connectivity index (χ2n) is 2.88. The smallest absolute Gasteiger partial charge is 0.242 e. The molecule has 2 rings (SSSR count). The van der Waals surface area contributed by atoms with E-state index in [0.29, 0.717) is 18.2 Å². The van der Waals surface area contributed by atoms with Crippen molar-refractivity contribution in [1.29, 1.82) is 0 Å². The zero-order valence-corrected chi connectivity index (χ0v) is 8.94. The van der Waals surface area contributed by atoms with Crippen LogP contribution >= 0.6 is 24.0 Å². The van der Waals surface area contributed by atoms with Gasteiger partial charge >= 0.3 is 0 Å². The van der Waals surface area contributed by atoms with Crippen molar-refractivity contribution >= 4 is 35.6 Å². The Kier molecular flexibility index (Phi) is 3.75. The molecule has 0 saturated carbocycles. The Morgan fingerprint density at radius 1 is 1.29 bits per heavy atom. The van der Waals surface area contributed by atoms with E-state index >= 15 is 0 Å². The van der Waals surface area contributed by atoms with Crippen LogP contribution in [0.5, 0.6) is 0 Å². The second-order valence-corrected chi connectivity index (χ2v) is 3.32. The minimum absolute atomic E-state index is 0. The van der Waals surface area contributed by atoms with Crippen molar-refractivity contribution in [3.8, 4) is 0 Å². The molecule has 0 bridgehead atoms. The number of carbonyl (C=O) groups excluding carboxylic acids is 1. The molecule has 1 fully saturated rings. The van der Waals surface area contributed by atoms with Crippen molar-refractivity contribution in [3.63, 3.8) is 0 Å². The third-order valence-corrected chi connectivity index (χ3v) is 2.24. The number of hydrogen-bond acceptors (Lipinski definition) is 2. The summed E-state index contributed by atoms with van der Waals surface area (Å²) >= 11 is 5.74. The average Bonchev–Trinajstić information content (AvgIpc) is 2.53. The number of halogens is 2. The summed E-state index contributed by atoms with van der Waals surface area (Å²) in [5.74, 6) is 0.0994. The number of nitrogens with zero attached hydrogens (tertiary/aromatic N) is 1. The van der Waals surface area contributed by atoms with Gasteiger partial charge in [0.2, 0.25) is 5.91 Å². The normalized spacial score (nSPS) is 15.5. The van der Waals surface area contributed by atoms with E-state index in [9.17, 15) is 4.79 Å². The third kappa shape index (κ3) is 2.18. The fourth-order valence-corrected chi connectivity index (χ4v) is 1.44. The molecule has 1 aromatic carbocycles. The molecule has 1 aromatic rings. The first-order valence-electron chi connectivity index (χ1n) is 4.04. The van der Waals surface area contributed by atoms with Gasteiger partial charge in [0, 0.05) is 10.7 Å². The lowest BCUT2D eigenvalue weighted by molar-refractivity contribution is -0.116. The predicted molar refractivity (Wildman–Crippen MR) is 59.1 cm³/mol. The van der Waals surface area contributed by atoms with E-state index in [0.717, 1.165) is 5.69 Å². The van der Waals surface area contributed by atoms with E-state index in [2.05, 4.69) is 5.32 Å². The molecule has 0 radical (unpaired) electrons. The van der Waals surface area contributed by atoms with Gasteiger partial charge in [-0.1, -0.05) is 11.6 Å². The number of hydrogen-bond donors (Lipinski definition) is 1.